The minimum Gasteiger partial charge on any atom is -0.366 e. The molecule has 0 aliphatic rings. The molecule has 0 saturated carbocycles. The van der Waals surface area contributed by atoms with Gasteiger partial charge in [0.15, 0.2) is 0 Å². The molecule has 2 rings (SSSR count). The van der Waals surface area contributed by atoms with Gasteiger partial charge in [0.05, 0.1) is 4.92 Å². The second kappa shape index (κ2) is 6.17. The normalized spacial score (nSPS) is 10.2. The molecular weight excluding hydrogens is 270 g/mol. The molecule has 110 valence electrons. The Labute approximate surface area is 122 Å². The summed E-state index contributed by atoms with van der Waals surface area (Å²) >= 11 is 0. The third-order valence-corrected chi connectivity index (χ3v) is 3.12. The number of aromatic nitrogens is 2. The first-order chi connectivity index (χ1) is 9.99. The van der Waals surface area contributed by atoms with Crippen LogP contribution < -0.4 is 10.2 Å². The molecule has 7 heteroatoms. The number of nitro groups is 1. The quantitative estimate of drug-likeness (QED) is 0.671. The van der Waals surface area contributed by atoms with Gasteiger partial charge >= 0.3 is 0 Å². The third-order valence-electron chi connectivity index (χ3n) is 3.12. The van der Waals surface area contributed by atoms with Gasteiger partial charge in [-0.15, -0.1) is 0 Å². The smallest absolute Gasteiger partial charge is 0.272 e. The van der Waals surface area contributed by atoms with Crippen LogP contribution in [0.4, 0.5) is 17.5 Å². The SMILES string of the molecule is Cc1c(CNc2ccnc(N(C)C)n2)cccc1[N+](=O)[O-]. The lowest BCUT2D eigenvalue weighted by molar-refractivity contribution is -0.385. The minimum absolute atomic E-state index is 0.131. The maximum atomic E-state index is 10.9. The van der Waals surface area contributed by atoms with Crippen LogP contribution in [0.1, 0.15) is 11.1 Å². The van der Waals surface area contributed by atoms with E-state index < -0.39 is 0 Å². The Hall–Kier alpha value is -2.70. The van der Waals surface area contributed by atoms with Crippen molar-refractivity contribution in [1.82, 2.24) is 9.97 Å². The summed E-state index contributed by atoms with van der Waals surface area (Å²) < 4.78 is 0. The fraction of sp³-hybridized carbons (Fsp3) is 0.286. The highest BCUT2D eigenvalue weighted by atomic mass is 16.6. The highest BCUT2D eigenvalue weighted by molar-refractivity contribution is 5.47. The van der Waals surface area contributed by atoms with Crippen LogP contribution in [0.25, 0.3) is 0 Å². The lowest BCUT2D eigenvalue weighted by atomic mass is 10.1. The van der Waals surface area contributed by atoms with Crippen molar-refractivity contribution in [2.75, 3.05) is 24.3 Å². The number of anilines is 2. The zero-order chi connectivity index (χ0) is 15.4. The Morgan fingerprint density at radius 1 is 1.33 bits per heavy atom. The monoisotopic (exact) mass is 287 g/mol. The Kier molecular flexibility index (Phi) is 4.32. The van der Waals surface area contributed by atoms with Gasteiger partial charge in [0.2, 0.25) is 5.95 Å². The van der Waals surface area contributed by atoms with E-state index in [4.69, 9.17) is 0 Å². The fourth-order valence-corrected chi connectivity index (χ4v) is 1.91. The molecule has 0 amide bonds. The van der Waals surface area contributed by atoms with Crippen molar-refractivity contribution in [2.45, 2.75) is 13.5 Å². The fourth-order valence-electron chi connectivity index (χ4n) is 1.91. The third kappa shape index (κ3) is 3.44. The molecule has 0 aliphatic carbocycles. The molecule has 7 nitrogen and oxygen atoms in total. The standard InChI is InChI=1S/C14H17N5O2/c1-10-11(5-4-6-12(10)19(20)21)9-16-13-7-8-15-14(17-13)18(2)3/h4-8H,9H2,1-3H3,(H,15,16,17). The Morgan fingerprint density at radius 2 is 2.10 bits per heavy atom. The topological polar surface area (TPSA) is 84.2 Å². The minimum atomic E-state index is -0.367. The molecule has 1 heterocycles. The van der Waals surface area contributed by atoms with Gasteiger partial charge in [0, 0.05) is 38.5 Å². The zero-order valence-electron chi connectivity index (χ0n) is 12.2. The molecular formula is C14H17N5O2. The Morgan fingerprint density at radius 3 is 2.76 bits per heavy atom. The lowest BCUT2D eigenvalue weighted by Gasteiger charge is -2.12. The van der Waals surface area contributed by atoms with E-state index in [1.807, 2.05) is 25.1 Å². The molecule has 0 spiro atoms. The number of benzene rings is 1. The van der Waals surface area contributed by atoms with Gasteiger partial charge in [-0.1, -0.05) is 12.1 Å². The summed E-state index contributed by atoms with van der Waals surface area (Å²) in [6.45, 7) is 2.22. The van der Waals surface area contributed by atoms with Crippen LogP contribution in [0, 0.1) is 17.0 Å². The van der Waals surface area contributed by atoms with E-state index in [-0.39, 0.29) is 10.6 Å². The van der Waals surface area contributed by atoms with E-state index in [9.17, 15) is 10.1 Å². The number of hydrogen-bond donors (Lipinski definition) is 1. The van der Waals surface area contributed by atoms with E-state index in [1.165, 1.54) is 6.07 Å². The van der Waals surface area contributed by atoms with E-state index in [0.29, 0.717) is 23.9 Å². The van der Waals surface area contributed by atoms with E-state index in [1.54, 1.807) is 25.3 Å². The molecule has 1 N–H and O–H groups in total. The lowest BCUT2D eigenvalue weighted by Crippen LogP contribution is -2.13. The van der Waals surface area contributed by atoms with Crippen molar-refractivity contribution in [3.63, 3.8) is 0 Å². The van der Waals surface area contributed by atoms with Crippen LogP contribution >= 0.6 is 0 Å². The molecule has 21 heavy (non-hydrogen) atoms. The molecule has 1 aromatic carbocycles. The first kappa shape index (κ1) is 14.7. The molecule has 2 aromatic rings. The van der Waals surface area contributed by atoms with Gasteiger partial charge in [-0.2, -0.15) is 4.98 Å². The van der Waals surface area contributed by atoms with E-state index >= 15 is 0 Å². The summed E-state index contributed by atoms with van der Waals surface area (Å²) in [4.78, 5) is 20.8. The number of nitrogens with one attached hydrogen (secondary N) is 1. The highest BCUT2D eigenvalue weighted by Gasteiger charge is 2.13. The zero-order valence-corrected chi connectivity index (χ0v) is 12.2. The van der Waals surface area contributed by atoms with Crippen molar-refractivity contribution >= 4 is 17.5 Å². The average molecular weight is 287 g/mol. The first-order valence-electron chi connectivity index (χ1n) is 6.46. The molecule has 0 fully saturated rings. The van der Waals surface area contributed by atoms with Crippen LogP contribution in [0.3, 0.4) is 0 Å². The predicted octanol–water partition coefficient (Wildman–Crippen LogP) is 2.37. The van der Waals surface area contributed by atoms with Crippen LogP contribution in [-0.2, 0) is 6.54 Å². The van der Waals surface area contributed by atoms with Crippen LogP contribution in [0.15, 0.2) is 30.5 Å². The maximum Gasteiger partial charge on any atom is 0.272 e. The number of hydrogen-bond acceptors (Lipinski definition) is 6. The number of rotatable bonds is 5. The Bertz CT molecular complexity index is 658. The highest BCUT2D eigenvalue weighted by Crippen LogP contribution is 2.21. The van der Waals surface area contributed by atoms with Crippen molar-refractivity contribution in [3.8, 4) is 0 Å². The second-order valence-corrected chi connectivity index (χ2v) is 4.81. The second-order valence-electron chi connectivity index (χ2n) is 4.81. The van der Waals surface area contributed by atoms with Crippen molar-refractivity contribution < 1.29 is 4.92 Å². The van der Waals surface area contributed by atoms with Crippen LogP contribution in [0.2, 0.25) is 0 Å². The maximum absolute atomic E-state index is 10.9. The average Bonchev–Trinajstić information content (AvgIpc) is 2.46. The summed E-state index contributed by atoms with van der Waals surface area (Å²) in [5, 5.41) is 14.1. The van der Waals surface area contributed by atoms with Crippen LogP contribution in [0.5, 0.6) is 0 Å². The predicted molar refractivity (Wildman–Crippen MR) is 81.5 cm³/mol. The molecule has 1 aromatic heterocycles. The van der Waals surface area contributed by atoms with Gasteiger partial charge in [0.25, 0.3) is 5.69 Å². The van der Waals surface area contributed by atoms with Gasteiger partial charge in [0.1, 0.15) is 5.82 Å². The molecule has 0 bridgehead atoms. The van der Waals surface area contributed by atoms with Crippen LogP contribution in [-0.4, -0.2) is 29.0 Å². The summed E-state index contributed by atoms with van der Waals surface area (Å²) in [6, 6.07) is 6.82. The van der Waals surface area contributed by atoms with Crippen molar-refractivity contribution in [1.29, 1.82) is 0 Å². The van der Waals surface area contributed by atoms with Gasteiger partial charge in [-0.3, -0.25) is 10.1 Å². The number of nitro benzene ring substituents is 1. The Balaban J connectivity index is 2.15. The first-order valence-corrected chi connectivity index (χ1v) is 6.46. The summed E-state index contributed by atoms with van der Waals surface area (Å²) in [7, 11) is 3.73. The summed E-state index contributed by atoms with van der Waals surface area (Å²) in [5.74, 6) is 1.29. The van der Waals surface area contributed by atoms with Gasteiger partial charge < -0.3 is 10.2 Å². The summed E-state index contributed by atoms with van der Waals surface area (Å²) in [6.07, 6.45) is 1.67. The number of nitrogens with zero attached hydrogens (tertiary/aromatic N) is 4. The van der Waals surface area contributed by atoms with E-state index in [2.05, 4.69) is 15.3 Å². The van der Waals surface area contributed by atoms with Gasteiger partial charge in [-0.05, 0) is 18.6 Å². The van der Waals surface area contributed by atoms with Gasteiger partial charge in [-0.25, -0.2) is 4.98 Å². The molecule has 0 unspecified atom stereocenters. The summed E-state index contributed by atoms with van der Waals surface area (Å²) in [5.41, 5.74) is 1.66. The molecule has 0 radical (unpaired) electrons. The van der Waals surface area contributed by atoms with Crippen molar-refractivity contribution in [3.05, 3.63) is 51.7 Å². The molecule has 0 saturated heterocycles. The molecule has 0 atom stereocenters. The largest absolute Gasteiger partial charge is 0.366 e. The molecule has 0 aliphatic heterocycles. The van der Waals surface area contributed by atoms with E-state index in [0.717, 1.165) is 5.56 Å². The van der Waals surface area contributed by atoms with Crippen molar-refractivity contribution in [2.24, 2.45) is 0 Å².